The Morgan fingerprint density at radius 1 is 1.50 bits per heavy atom. The van der Waals surface area contributed by atoms with E-state index in [2.05, 4.69) is 10.0 Å². The lowest BCUT2D eigenvalue weighted by Crippen LogP contribution is -2.38. The lowest BCUT2D eigenvalue weighted by Gasteiger charge is -2.13. The minimum absolute atomic E-state index is 0.0729. The molecule has 1 atom stereocenters. The zero-order valence-electron chi connectivity index (χ0n) is 10.9. The van der Waals surface area contributed by atoms with E-state index in [9.17, 15) is 17.6 Å². The van der Waals surface area contributed by atoms with Gasteiger partial charge in [0.2, 0.25) is 15.9 Å². The second-order valence-electron chi connectivity index (χ2n) is 4.77. The number of sulfonamides is 1. The van der Waals surface area contributed by atoms with Gasteiger partial charge in [-0.25, -0.2) is 17.5 Å². The van der Waals surface area contributed by atoms with E-state index in [1.54, 1.807) is 0 Å². The van der Waals surface area contributed by atoms with Crippen LogP contribution >= 0.6 is 0 Å². The van der Waals surface area contributed by atoms with Gasteiger partial charge in [-0.1, -0.05) is 0 Å². The van der Waals surface area contributed by atoms with E-state index < -0.39 is 15.8 Å². The summed E-state index contributed by atoms with van der Waals surface area (Å²) in [6, 6.07) is 1.92. The van der Waals surface area contributed by atoms with Gasteiger partial charge in [-0.2, -0.15) is 0 Å². The molecule has 1 aromatic carbocycles. The summed E-state index contributed by atoms with van der Waals surface area (Å²) in [5, 5.41) is 2.65. The Morgan fingerprint density at radius 2 is 2.20 bits per heavy atom. The first-order valence-electron chi connectivity index (χ1n) is 6.14. The van der Waals surface area contributed by atoms with Crippen LogP contribution in [0, 0.1) is 12.7 Å². The minimum Gasteiger partial charge on any atom is -0.398 e. The molecule has 8 heteroatoms. The Kier molecular flexibility index (Phi) is 3.96. The van der Waals surface area contributed by atoms with Gasteiger partial charge in [0.25, 0.3) is 0 Å². The van der Waals surface area contributed by atoms with Crippen LogP contribution < -0.4 is 15.8 Å². The number of benzene rings is 1. The fourth-order valence-electron chi connectivity index (χ4n) is 1.95. The SMILES string of the molecule is Cc1c(N)cc(S(=O)(=O)NCC2CCC(=O)N2)cc1F. The maximum absolute atomic E-state index is 13.5. The maximum Gasteiger partial charge on any atom is 0.240 e. The third-order valence-corrected chi connectivity index (χ3v) is 4.68. The molecule has 4 N–H and O–H groups in total. The van der Waals surface area contributed by atoms with Crippen molar-refractivity contribution in [2.45, 2.75) is 30.7 Å². The highest BCUT2D eigenvalue weighted by Crippen LogP contribution is 2.21. The number of amides is 1. The molecular formula is C12H16FN3O3S. The van der Waals surface area contributed by atoms with Crippen LogP contribution in [-0.4, -0.2) is 26.9 Å². The van der Waals surface area contributed by atoms with Crippen molar-refractivity contribution in [2.75, 3.05) is 12.3 Å². The van der Waals surface area contributed by atoms with E-state index >= 15 is 0 Å². The summed E-state index contributed by atoms with van der Waals surface area (Å²) in [5.41, 5.74) is 5.86. The van der Waals surface area contributed by atoms with Crippen molar-refractivity contribution in [3.8, 4) is 0 Å². The third-order valence-electron chi connectivity index (χ3n) is 3.27. The predicted molar refractivity (Wildman–Crippen MR) is 71.9 cm³/mol. The number of nitrogens with one attached hydrogen (secondary N) is 2. The standard InChI is InChI=1S/C12H16FN3O3S/c1-7-10(13)4-9(5-11(7)14)20(18,19)15-6-8-2-3-12(17)16-8/h4-5,8,15H,2-3,6,14H2,1H3,(H,16,17). The van der Waals surface area contributed by atoms with Crippen molar-refractivity contribution < 1.29 is 17.6 Å². The maximum atomic E-state index is 13.5. The zero-order chi connectivity index (χ0) is 14.9. The van der Waals surface area contributed by atoms with Crippen LogP contribution in [0.3, 0.4) is 0 Å². The molecule has 0 radical (unpaired) electrons. The molecule has 1 aliphatic heterocycles. The molecule has 0 bridgehead atoms. The topological polar surface area (TPSA) is 101 Å². The van der Waals surface area contributed by atoms with Gasteiger partial charge in [-0.15, -0.1) is 0 Å². The first kappa shape index (κ1) is 14.7. The van der Waals surface area contributed by atoms with Crippen molar-refractivity contribution in [2.24, 2.45) is 0 Å². The Balaban J connectivity index is 2.12. The van der Waals surface area contributed by atoms with Crippen molar-refractivity contribution in [3.05, 3.63) is 23.5 Å². The molecule has 1 aromatic rings. The summed E-state index contributed by atoms with van der Waals surface area (Å²) in [6.07, 6.45) is 0.963. The number of carbonyl (C=O) groups is 1. The lowest BCUT2D eigenvalue weighted by molar-refractivity contribution is -0.119. The molecule has 0 aromatic heterocycles. The molecule has 110 valence electrons. The minimum atomic E-state index is -3.85. The highest BCUT2D eigenvalue weighted by Gasteiger charge is 2.24. The van der Waals surface area contributed by atoms with Crippen LogP contribution in [-0.2, 0) is 14.8 Å². The van der Waals surface area contributed by atoms with Crippen molar-refractivity contribution in [1.82, 2.24) is 10.0 Å². The highest BCUT2D eigenvalue weighted by atomic mass is 32.2. The summed E-state index contributed by atoms with van der Waals surface area (Å²) in [7, 11) is -3.85. The lowest BCUT2D eigenvalue weighted by atomic mass is 10.2. The van der Waals surface area contributed by atoms with E-state index in [4.69, 9.17) is 5.73 Å². The normalized spacial score (nSPS) is 19.1. The van der Waals surface area contributed by atoms with Crippen molar-refractivity contribution in [3.63, 3.8) is 0 Å². The molecule has 1 unspecified atom stereocenters. The van der Waals surface area contributed by atoms with Crippen molar-refractivity contribution >= 4 is 21.6 Å². The Hall–Kier alpha value is -1.67. The smallest absolute Gasteiger partial charge is 0.240 e. The first-order chi connectivity index (χ1) is 9.29. The van der Waals surface area contributed by atoms with Crippen LogP contribution in [0.25, 0.3) is 0 Å². The number of halogens is 1. The number of hydrogen-bond acceptors (Lipinski definition) is 4. The van der Waals surface area contributed by atoms with E-state index in [1.807, 2.05) is 0 Å². The monoisotopic (exact) mass is 301 g/mol. The van der Waals surface area contributed by atoms with E-state index in [0.29, 0.717) is 12.8 Å². The molecule has 1 fully saturated rings. The van der Waals surface area contributed by atoms with Gasteiger partial charge < -0.3 is 11.1 Å². The Morgan fingerprint density at radius 3 is 2.75 bits per heavy atom. The molecule has 0 spiro atoms. The van der Waals surface area contributed by atoms with Crippen LogP contribution in [0.2, 0.25) is 0 Å². The summed E-state index contributed by atoms with van der Waals surface area (Å²) >= 11 is 0. The highest BCUT2D eigenvalue weighted by molar-refractivity contribution is 7.89. The first-order valence-corrected chi connectivity index (χ1v) is 7.62. The molecule has 1 aliphatic rings. The molecule has 1 saturated heterocycles. The molecule has 6 nitrogen and oxygen atoms in total. The van der Waals surface area contributed by atoms with Gasteiger partial charge in [0.15, 0.2) is 0 Å². The van der Waals surface area contributed by atoms with Gasteiger partial charge in [0.1, 0.15) is 5.82 Å². The van der Waals surface area contributed by atoms with Gasteiger partial charge in [-0.05, 0) is 25.5 Å². The molecule has 20 heavy (non-hydrogen) atoms. The van der Waals surface area contributed by atoms with Gasteiger partial charge in [0, 0.05) is 30.3 Å². The summed E-state index contributed by atoms with van der Waals surface area (Å²) in [4.78, 5) is 10.8. The predicted octanol–water partition coefficient (Wildman–Crippen LogP) is 0.273. The van der Waals surface area contributed by atoms with Crippen molar-refractivity contribution in [1.29, 1.82) is 0 Å². The van der Waals surface area contributed by atoms with E-state index in [1.165, 1.54) is 13.0 Å². The zero-order valence-corrected chi connectivity index (χ0v) is 11.8. The average Bonchev–Trinajstić information content (AvgIpc) is 2.79. The number of carbonyl (C=O) groups excluding carboxylic acids is 1. The largest absolute Gasteiger partial charge is 0.398 e. The molecule has 1 heterocycles. The second kappa shape index (κ2) is 5.37. The number of rotatable bonds is 4. The van der Waals surface area contributed by atoms with Gasteiger partial charge >= 0.3 is 0 Å². The van der Waals surface area contributed by atoms with Crippen LogP contribution in [0.5, 0.6) is 0 Å². The molecular weight excluding hydrogens is 285 g/mol. The molecule has 2 rings (SSSR count). The number of hydrogen-bond donors (Lipinski definition) is 3. The fraction of sp³-hybridized carbons (Fsp3) is 0.417. The van der Waals surface area contributed by atoms with E-state index in [0.717, 1.165) is 6.07 Å². The van der Waals surface area contributed by atoms with Crippen LogP contribution in [0.1, 0.15) is 18.4 Å². The average molecular weight is 301 g/mol. The molecule has 0 saturated carbocycles. The summed E-state index contributed by atoms with van der Waals surface area (Å²) in [6.45, 7) is 1.55. The molecule has 0 aliphatic carbocycles. The summed E-state index contributed by atoms with van der Waals surface area (Å²) < 4.78 is 40.0. The summed E-state index contributed by atoms with van der Waals surface area (Å²) in [5.74, 6) is -0.764. The Bertz CT molecular complexity index is 622. The quantitative estimate of drug-likeness (QED) is 0.695. The number of anilines is 1. The van der Waals surface area contributed by atoms with Gasteiger partial charge in [-0.3, -0.25) is 4.79 Å². The second-order valence-corrected chi connectivity index (χ2v) is 6.54. The van der Waals surface area contributed by atoms with Gasteiger partial charge in [0.05, 0.1) is 4.90 Å². The Labute approximate surface area is 116 Å². The fourth-order valence-corrected chi connectivity index (χ4v) is 3.08. The van der Waals surface area contributed by atoms with E-state index in [-0.39, 0.29) is 34.6 Å². The number of nitrogen functional groups attached to an aromatic ring is 1. The third kappa shape index (κ3) is 3.07. The van der Waals surface area contributed by atoms with Crippen LogP contribution in [0.15, 0.2) is 17.0 Å². The number of nitrogens with two attached hydrogens (primary N) is 1. The van der Waals surface area contributed by atoms with Crippen LogP contribution in [0.4, 0.5) is 10.1 Å². The molecule has 1 amide bonds.